The van der Waals surface area contributed by atoms with Crippen LogP contribution >= 0.6 is 0 Å². The third kappa shape index (κ3) is 1.59. The fourth-order valence-electron chi connectivity index (χ4n) is 2.37. The van der Waals surface area contributed by atoms with Crippen LogP contribution in [0.1, 0.15) is 20.8 Å². The average molecular weight is 185 g/mol. The van der Waals surface area contributed by atoms with Gasteiger partial charge in [-0.15, -0.1) is 0 Å². The fraction of sp³-hybridized carbons (Fsp3) is 1.00. The first-order valence-electron chi connectivity index (χ1n) is 5.08. The van der Waals surface area contributed by atoms with Crippen molar-refractivity contribution >= 4 is 0 Å². The van der Waals surface area contributed by atoms with Crippen molar-refractivity contribution < 1.29 is 4.84 Å². The summed E-state index contributed by atoms with van der Waals surface area (Å²) in [6.45, 7) is 7.53. The zero-order valence-electron chi connectivity index (χ0n) is 8.50. The highest BCUT2D eigenvalue weighted by Crippen LogP contribution is 2.27. The summed E-state index contributed by atoms with van der Waals surface area (Å²) < 4.78 is 0. The second-order valence-electron chi connectivity index (χ2n) is 4.38. The van der Waals surface area contributed by atoms with Crippen molar-refractivity contribution in [2.75, 3.05) is 6.67 Å². The summed E-state index contributed by atoms with van der Waals surface area (Å²) in [5, 5.41) is 6.79. The molecule has 4 heteroatoms. The number of nitrogens with one attached hydrogen (secondary N) is 3. The summed E-state index contributed by atoms with van der Waals surface area (Å²) in [5.41, 5.74) is 3.04. The number of fused-ring (bicyclic) bond motifs is 1. The van der Waals surface area contributed by atoms with E-state index >= 15 is 0 Å². The lowest BCUT2D eigenvalue weighted by Crippen LogP contribution is -2.59. The van der Waals surface area contributed by atoms with Gasteiger partial charge in [0.15, 0.2) is 0 Å². The second-order valence-corrected chi connectivity index (χ2v) is 4.38. The Hall–Kier alpha value is -0.160. The first-order valence-corrected chi connectivity index (χ1v) is 5.08. The SMILES string of the molecule is CC(C)C1NCNC2ONC(C)C21. The molecule has 76 valence electrons. The standard InChI is InChI=1S/C9H19N3O/c1-5(2)8-7-6(3)12-13-9(7)11-4-10-8/h5-12H,4H2,1-3H3. The minimum absolute atomic E-state index is 0.184. The lowest BCUT2D eigenvalue weighted by atomic mass is 9.84. The van der Waals surface area contributed by atoms with Gasteiger partial charge in [-0.1, -0.05) is 13.8 Å². The van der Waals surface area contributed by atoms with Gasteiger partial charge in [0, 0.05) is 24.7 Å². The predicted molar refractivity (Wildman–Crippen MR) is 50.7 cm³/mol. The molecule has 4 atom stereocenters. The molecule has 3 N–H and O–H groups in total. The Bertz CT molecular complexity index is 184. The molecule has 2 rings (SSSR count). The molecule has 13 heavy (non-hydrogen) atoms. The topological polar surface area (TPSA) is 45.3 Å². The van der Waals surface area contributed by atoms with Gasteiger partial charge in [0.25, 0.3) is 0 Å². The van der Waals surface area contributed by atoms with Crippen LogP contribution in [0.25, 0.3) is 0 Å². The molecule has 0 aliphatic carbocycles. The molecule has 0 spiro atoms. The molecule has 2 aliphatic rings. The molecule has 2 aliphatic heterocycles. The zero-order chi connectivity index (χ0) is 9.42. The van der Waals surface area contributed by atoms with Crippen molar-refractivity contribution in [3.63, 3.8) is 0 Å². The van der Waals surface area contributed by atoms with E-state index in [-0.39, 0.29) is 6.23 Å². The Kier molecular flexibility index (Phi) is 2.55. The van der Waals surface area contributed by atoms with E-state index in [1.807, 2.05) is 0 Å². The summed E-state index contributed by atoms with van der Waals surface area (Å²) in [6.07, 6.45) is 0.184. The monoisotopic (exact) mass is 185 g/mol. The lowest BCUT2D eigenvalue weighted by molar-refractivity contribution is -0.0206. The largest absolute Gasteiger partial charge is 0.301 e. The highest BCUT2D eigenvalue weighted by atomic mass is 16.7. The average Bonchev–Trinajstić information content (AvgIpc) is 2.48. The minimum atomic E-state index is 0.184. The predicted octanol–water partition coefficient (Wildman–Crippen LogP) is 0.0269. The van der Waals surface area contributed by atoms with Crippen molar-refractivity contribution in [1.29, 1.82) is 0 Å². The Morgan fingerprint density at radius 1 is 1.31 bits per heavy atom. The van der Waals surface area contributed by atoms with Gasteiger partial charge < -0.3 is 5.32 Å². The van der Waals surface area contributed by atoms with Crippen LogP contribution in [0.15, 0.2) is 0 Å². The summed E-state index contributed by atoms with van der Waals surface area (Å²) in [4.78, 5) is 5.45. The lowest BCUT2D eigenvalue weighted by Gasteiger charge is -2.37. The number of hydrogen-bond acceptors (Lipinski definition) is 4. The van der Waals surface area contributed by atoms with E-state index in [4.69, 9.17) is 4.84 Å². The van der Waals surface area contributed by atoms with Crippen LogP contribution in [-0.4, -0.2) is 25.0 Å². The summed E-state index contributed by atoms with van der Waals surface area (Å²) >= 11 is 0. The van der Waals surface area contributed by atoms with Crippen molar-refractivity contribution in [1.82, 2.24) is 16.1 Å². The van der Waals surface area contributed by atoms with E-state index in [1.165, 1.54) is 0 Å². The van der Waals surface area contributed by atoms with Gasteiger partial charge in [0.1, 0.15) is 6.23 Å². The summed E-state index contributed by atoms with van der Waals surface area (Å²) in [7, 11) is 0. The molecular formula is C9H19N3O. The van der Waals surface area contributed by atoms with Crippen LogP contribution in [0.2, 0.25) is 0 Å². The van der Waals surface area contributed by atoms with Crippen LogP contribution in [0.4, 0.5) is 0 Å². The van der Waals surface area contributed by atoms with Gasteiger partial charge in [-0.05, 0) is 12.8 Å². The van der Waals surface area contributed by atoms with Crippen molar-refractivity contribution in [3.05, 3.63) is 0 Å². The normalized spacial score (nSPS) is 45.2. The first-order chi connectivity index (χ1) is 6.20. The zero-order valence-corrected chi connectivity index (χ0v) is 8.50. The maximum absolute atomic E-state index is 5.45. The summed E-state index contributed by atoms with van der Waals surface area (Å²) in [6, 6.07) is 0.981. The molecule has 0 aromatic carbocycles. The molecule has 2 heterocycles. The van der Waals surface area contributed by atoms with Crippen LogP contribution < -0.4 is 16.1 Å². The van der Waals surface area contributed by atoms with Gasteiger partial charge in [0.05, 0.1) is 0 Å². The highest BCUT2D eigenvalue weighted by Gasteiger charge is 2.43. The third-order valence-corrected chi connectivity index (χ3v) is 3.08. The molecule has 0 bridgehead atoms. The smallest absolute Gasteiger partial charge is 0.136 e. The Balaban J connectivity index is 2.10. The summed E-state index contributed by atoms with van der Waals surface area (Å²) in [5.74, 6) is 1.19. The van der Waals surface area contributed by atoms with Gasteiger partial charge in [0.2, 0.25) is 0 Å². The molecule has 0 saturated carbocycles. The Morgan fingerprint density at radius 3 is 2.77 bits per heavy atom. The van der Waals surface area contributed by atoms with Crippen LogP contribution in [0.3, 0.4) is 0 Å². The molecule has 0 aromatic rings. The maximum Gasteiger partial charge on any atom is 0.136 e. The maximum atomic E-state index is 5.45. The molecular weight excluding hydrogens is 166 g/mol. The minimum Gasteiger partial charge on any atom is -0.301 e. The Morgan fingerprint density at radius 2 is 2.08 bits per heavy atom. The molecule has 2 fully saturated rings. The third-order valence-electron chi connectivity index (χ3n) is 3.08. The van der Waals surface area contributed by atoms with Gasteiger partial charge >= 0.3 is 0 Å². The van der Waals surface area contributed by atoms with E-state index in [0.29, 0.717) is 23.9 Å². The molecule has 0 aromatic heterocycles. The first kappa shape index (κ1) is 9.40. The molecule has 0 amide bonds. The van der Waals surface area contributed by atoms with Gasteiger partial charge in [-0.25, -0.2) is 0 Å². The quantitative estimate of drug-likeness (QED) is 0.539. The van der Waals surface area contributed by atoms with Crippen molar-refractivity contribution in [2.45, 2.75) is 39.1 Å². The van der Waals surface area contributed by atoms with Crippen LogP contribution in [0.5, 0.6) is 0 Å². The van der Waals surface area contributed by atoms with Crippen LogP contribution in [-0.2, 0) is 4.84 Å². The van der Waals surface area contributed by atoms with E-state index < -0.39 is 0 Å². The van der Waals surface area contributed by atoms with Crippen molar-refractivity contribution in [2.24, 2.45) is 11.8 Å². The number of hydroxylamine groups is 1. The van der Waals surface area contributed by atoms with E-state index in [1.54, 1.807) is 0 Å². The van der Waals surface area contributed by atoms with E-state index in [9.17, 15) is 0 Å². The van der Waals surface area contributed by atoms with Crippen LogP contribution in [0, 0.1) is 11.8 Å². The van der Waals surface area contributed by atoms with Gasteiger partial charge in [-0.3, -0.25) is 10.2 Å². The van der Waals surface area contributed by atoms with E-state index in [2.05, 4.69) is 36.9 Å². The second kappa shape index (κ2) is 3.53. The highest BCUT2D eigenvalue weighted by molar-refractivity contribution is 4.94. The Labute approximate surface area is 79.4 Å². The molecule has 2 saturated heterocycles. The van der Waals surface area contributed by atoms with E-state index in [0.717, 1.165) is 6.67 Å². The molecule has 4 unspecified atom stereocenters. The van der Waals surface area contributed by atoms with Gasteiger partial charge in [-0.2, -0.15) is 5.48 Å². The number of hydrogen-bond donors (Lipinski definition) is 3. The van der Waals surface area contributed by atoms with Crippen molar-refractivity contribution in [3.8, 4) is 0 Å². The molecule has 0 radical (unpaired) electrons. The molecule has 4 nitrogen and oxygen atoms in total. The number of rotatable bonds is 1. The fourth-order valence-corrected chi connectivity index (χ4v) is 2.37.